The van der Waals surface area contributed by atoms with Crippen LogP contribution >= 0.6 is 11.6 Å². The van der Waals surface area contributed by atoms with Gasteiger partial charge in [0.1, 0.15) is 5.84 Å². The van der Waals surface area contributed by atoms with E-state index in [-0.39, 0.29) is 5.92 Å². The SMILES string of the molecule is Clc1ccc(CC(C2=NCCNN2)c2ccccc2)cc1. The number of aliphatic imine (C=N–C) groups is 1. The van der Waals surface area contributed by atoms with E-state index in [0.717, 1.165) is 30.4 Å². The van der Waals surface area contributed by atoms with Crippen molar-refractivity contribution in [2.24, 2.45) is 4.99 Å². The van der Waals surface area contributed by atoms with Crippen LogP contribution < -0.4 is 10.9 Å². The maximum atomic E-state index is 5.97. The molecule has 0 bridgehead atoms. The van der Waals surface area contributed by atoms with Crippen molar-refractivity contribution in [1.29, 1.82) is 0 Å². The van der Waals surface area contributed by atoms with E-state index < -0.39 is 0 Å². The number of nitrogens with zero attached hydrogens (tertiary/aromatic N) is 1. The average molecular weight is 300 g/mol. The number of halogens is 1. The molecule has 1 aliphatic rings. The molecule has 4 heteroatoms. The molecule has 108 valence electrons. The molecular formula is C17H18ClN3. The molecule has 1 unspecified atom stereocenters. The Bertz CT molecular complexity index is 608. The van der Waals surface area contributed by atoms with Gasteiger partial charge in [-0.15, -0.1) is 0 Å². The second kappa shape index (κ2) is 6.74. The molecule has 1 heterocycles. The van der Waals surface area contributed by atoms with Crippen molar-refractivity contribution in [3.05, 3.63) is 70.7 Å². The number of benzene rings is 2. The molecule has 0 radical (unpaired) electrons. The predicted molar refractivity (Wildman–Crippen MR) is 87.8 cm³/mol. The summed E-state index contributed by atoms with van der Waals surface area (Å²) < 4.78 is 0. The molecule has 0 saturated heterocycles. The van der Waals surface area contributed by atoms with Gasteiger partial charge in [0.2, 0.25) is 0 Å². The largest absolute Gasteiger partial charge is 0.309 e. The average Bonchev–Trinajstić information content (AvgIpc) is 2.56. The molecule has 1 atom stereocenters. The topological polar surface area (TPSA) is 36.4 Å². The van der Waals surface area contributed by atoms with Gasteiger partial charge in [-0.1, -0.05) is 54.1 Å². The molecule has 0 fully saturated rings. The van der Waals surface area contributed by atoms with Gasteiger partial charge in [0.05, 0.1) is 6.54 Å². The van der Waals surface area contributed by atoms with Crippen molar-refractivity contribution < 1.29 is 0 Å². The minimum absolute atomic E-state index is 0.222. The number of rotatable bonds is 4. The molecule has 0 spiro atoms. The first-order valence-electron chi connectivity index (χ1n) is 7.15. The first-order valence-corrected chi connectivity index (χ1v) is 7.53. The highest BCUT2D eigenvalue weighted by Gasteiger charge is 2.20. The third-order valence-electron chi connectivity index (χ3n) is 3.62. The fraction of sp³-hybridized carbons (Fsp3) is 0.235. The van der Waals surface area contributed by atoms with Crippen molar-refractivity contribution in [1.82, 2.24) is 10.9 Å². The van der Waals surface area contributed by atoms with Crippen molar-refractivity contribution in [2.45, 2.75) is 12.3 Å². The molecule has 3 rings (SSSR count). The Hall–Kier alpha value is -1.84. The van der Waals surface area contributed by atoms with Gasteiger partial charge in [-0.2, -0.15) is 0 Å². The standard InChI is InChI=1S/C17H18ClN3/c18-15-8-6-13(7-9-15)12-16(14-4-2-1-3-5-14)17-19-10-11-20-21-17/h1-9,16,20H,10-12H2,(H,19,21). The van der Waals surface area contributed by atoms with E-state index in [4.69, 9.17) is 11.6 Å². The molecule has 0 saturated carbocycles. The predicted octanol–water partition coefficient (Wildman–Crippen LogP) is 3.17. The highest BCUT2D eigenvalue weighted by Crippen LogP contribution is 2.23. The minimum atomic E-state index is 0.222. The normalized spacial score (nSPS) is 16.0. The van der Waals surface area contributed by atoms with Crippen LogP contribution in [0, 0.1) is 0 Å². The third-order valence-corrected chi connectivity index (χ3v) is 3.87. The highest BCUT2D eigenvalue weighted by molar-refractivity contribution is 6.30. The lowest BCUT2D eigenvalue weighted by Crippen LogP contribution is -2.46. The van der Waals surface area contributed by atoms with Gasteiger partial charge in [0.15, 0.2) is 0 Å². The second-order valence-corrected chi connectivity index (χ2v) is 5.55. The molecule has 3 nitrogen and oxygen atoms in total. The van der Waals surface area contributed by atoms with Gasteiger partial charge in [0, 0.05) is 17.5 Å². The van der Waals surface area contributed by atoms with Gasteiger partial charge in [0.25, 0.3) is 0 Å². The lowest BCUT2D eigenvalue weighted by atomic mass is 9.91. The summed E-state index contributed by atoms with van der Waals surface area (Å²) in [7, 11) is 0. The monoisotopic (exact) mass is 299 g/mol. The highest BCUT2D eigenvalue weighted by atomic mass is 35.5. The quantitative estimate of drug-likeness (QED) is 0.910. The molecule has 1 aliphatic heterocycles. The Morgan fingerprint density at radius 1 is 1.05 bits per heavy atom. The number of hydrogen-bond acceptors (Lipinski definition) is 3. The van der Waals surface area contributed by atoms with Crippen LogP contribution in [0.25, 0.3) is 0 Å². The van der Waals surface area contributed by atoms with Crippen molar-refractivity contribution in [3.8, 4) is 0 Å². The Morgan fingerprint density at radius 2 is 1.81 bits per heavy atom. The summed E-state index contributed by atoms with van der Waals surface area (Å²) in [5, 5.41) is 0.768. The van der Waals surface area contributed by atoms with Crippen LogP contribution in [-0.2, 0) is 6.42 Å². The summed E-state index contributed by atoms with van der Waals surface area (Å²) >= 11 is 5.97. The van der Waals surface area contributed by atoms with E-state index in [9.17, 15) is 0 Å². The van der Waals surface area contributed by atoms with E-state index in [2.05, 4.69) is 52.2 Å². The van der Waals surface area contributed by atoms with Crippen molar-refractivity contribution in [2.75, 3.05) is 13.1 Å². The van der Waals surface area contributed by atoms with Crippen LogP contribution in [0.2, 0.25) is 5.02 Å². The third kappa shape index (κ3) is 3.63. The number of amidine groups is 1. The summed E-state index contributed by atoms with van der Waals surface area (Å²) in [5.41, 5.74) is 8.92. The minimum Gasteiger partial charge on any atom is -0.309 e. The number of nitrogens with one attached hydrogen (secondary N) is 2. The summed E-state index contributed by atoms with van der Waals surface area (Å²) in [4.78, 5) is 4.64. The Balaban J connectivity index is 1.88. The maximum Gasteiger partial charge on any atom is 0.118 e. The molecule has 0 aromatic heterocycles. The summed E-state index contributed by atoms with van der Waals surface area (Å²) in [6.07, 6.45) is 0.898. The lowest BCUT2D eigenvalue weighted by molar-refractivity contribution is 0.601. The molecule has 2 aromatic rings. The molecule has 21 heavy (non-hydrogen) atoms. The summed E-state index contributed by atoms with van der Waals surface area (Å²) in [5.74, 6) is 1.22. The molecule has 0 aliphatic carbocycles. The van der Waals surface area contributed by atoms with Gasteiger partial charge in [-0.25, -0.2) is 5.43 Å². The first kappa shape index (κ1) is 14.1. The van der Waals surface area contributed by atoms with Crippen LogP contribution in [0.1, 0.15) is 17.0 Å². The smallest absolute Gasteiger partial charge is 0.118 e. The Labute approximate surface area is 130 Å². The van der Waals surface area contributed by atoms with E-state index in [1.54, 1.807) is 0 Å². The first-order chi connectivity index (χ1) is 10.3. The van der Waals surface area contributed by atoms with Crippen LogP contribution in [0.4, 0.5) is 0 Å². The van der Waals surface area contributed by atoms with Gasteiger partial charge >= 0.3 is 0 Å². The fourth-order valence-electron chi connectivity index (χ4n) is 2.54. The molecular weight excluding hydrogens is 282 g/mol. The zero-order valence-electron chi connectivity index (χ0n) is 11.7. The summed E-state index contributed by atoms with van der Waals surface area (Å²) in [6.45, 7) is 1.68. The number of hydrogen-bond donors (Lipinski definition) is 2. The van der Waals surface area contributed by atoms with Crippen molar-refractivity contribution >= 4 is 17.4 Å². The van der Waals surface area contributed by atoms with Crippen molar-refractivity contribution in [3.63, 3.8) is 0 Å². The molecule has 2 N–H and O–H groups in total. The van der Waals surface area contributed by atoms with Crippen LogP contribution in [0.5, 0.6) is 0 Å². The molecule has 2 aromatic carbocycles. The van der Waals surface area contributed by atoms with Gasteiger partial charge < -0.3 is 5.43 Å². The van der Waals surface area contributed by atoms with E-state index in [0.29, 0.717) is 0 Å². The van der Waals surface area contributed by atoms with Gasteiger partial charge in [-0.3, -0.25) is 4.99 Å². The van der Waals surface area contributed by atoms with Gasteiger partial charge in [-0.05, 0) is 29.7 Å². The van der Waals surface area contributed by atoms with Crippen LogP contribution in [-0.4, -0.2) is 18.9 Å². The van der Waals surface area contributed by atoms with E-state index in [1.807, 2.05) is 18.2 Å². The van der Waals surface area contributed by atoms with E-state index >= 15 is 0 Å². The number of hydrazine groups is 1. The summed E-state index contributed by atoms with van der Waals surface area (Å²) in [6, 6.07) is 18.5. The fourth-order valence-corrected chi connectivity index (χ4v) is 2.66. The zero-order chi connectivity index (χ0) is 14.5. The Morgan fingerprint density at radius 3 is 2.48 bits per heavy atom. The van der Waals surface area contributed by atoms with E-state index in [1.165, 1.54) is 11.1 Å². The van der Waals surface area contributed by atoms with Crippen LogP contribution in [0.15, 0.2) is 59.6 Å². The maximum absolute atomic E-state index is 5.97. The zero-order valence-corrected chi connectivity index (χ0v) is 12.5. The second-order valence-electron chi connectivity index (χ2n) is 5.11. The lowest BCUT2D eigenvalue weighted by Gasteiger charge is -2.24. The molecule has 0 amide bonds. The Kier molecular flexibility index (Phi) is 4.53. The van der Waals surface area contributed by atoms with Crippen LogP contribution in [0.3, 0.4) is 0 Å².